The molecule has 1 atom stereocenters. The van der Waals surface area contributed by atoms with Crippen molar-refractivity contribution >= 4 is 52.3 Å². The topological polar surface area (TPSA) is 78.5 Å². The van der Waals surface area contributed by atoms with Crippen molar-refractivity contribution in [3.05, 3.63) is 58.1 Å². The van der Waals surface area contributed by atoms with Gasteiger partial charge in [0, 0.05) is 19.0 Å². The Morgan fingerprint density at radius 2 is 1.79 bits per heavy atom. The molecule has 6 nitrogen and oxygen atoms in total. The van der Waals surface area contributed by atoms with Gasteiger partial charge in [-0.2, -0.15) is 0 Å². The number of carbonyl (C=O) groups is 3. The van der Waals surface area contributed by atoms with E-state index < -0.39 is 5.92 Å². The van der Waals surface area contributed by atoms with Crippen LogP contribution in [0.25, 0.3) is 0 Å². The summed E-state index contributed by atoms with van der Waals surface area (Å²) in [5.74, 6) is -1.28. The van der Waals surface area contributed by atoms with Gasteiger partial charge in [-0.3, -0.25) is 14.4 Å². The first-order chi connectivity index (χ1) is 13.9. The summed E-state index contributed by atoms with van der Waals surface area (Å²) < 4.78 is 0. The Hall–Kier alpha value is -2.57. The van der Waals surface area contributed by atoms with E-state index in [-0.39, 0.29) is 41.8 Å². The van der Waals surface area contributed by atoms with E-state index in [1.807, 2.05) is 0 Å². The second kappa shape index (κ2) is 8.05. The number of hydrogen-bond acceptors (Lipinski definition) is 3. The number of para-hydroxylation sites is 1. The SMILES string of the molecule is O=C(NC1CC1)c1ccccc1NC(=O)[C@H]1CC(=O)N(c2cccc(Cl)c2Cl)C1. The summed E-state index contributed by atoms with van der Waals surface area (Å²) in [5, 5.41) is 6.36. The molecule has 0 unspecified atom stereocenters. The molecule has 0 bridgehead atoms. The molecular weight excluding hydrogens is 413 g/mol. The second-order valence-electron chi connectivity index (χ2n) is 7.26. The Bertz CT molecular complexity index is 991. The molecule has 0 spiro atoms. The van der Waals surface area contributed by atoms with Crippen molar-refractivity contribution in [3.63, 3.8) is 0 Å². The number of halogens is 2. The summed E-state index contributed by atoms with van der Waals surface area (Å²) in [7, 11) is 0. The average molecular weight is 432 g/mol. The van der Waals surface area contributed by atoms with Crippen LogP contribution in [0.3, 0.4) is 0 Å². The minimum absolute atomic E-state index is 0.0606. The van der Waals surface area contributed by atoms with Gasteiger partial charge in [0.1, 0.15) is 0 Å². The van der Waals surface area contributed by atoms with E-state index in [0.29, 0.717) is 22.0 Å². The van der Waals surface area contributed by atoms with Crippen molar-refractivity contribution in [2.75, 3.05) is 16.8 Å². The highest BCUT2D eigenvalue weighted by Gasteiger charge is 2.36. The molecule has 0 radical (unpaired) electrons. The smallest absolute Gasteiger partial charge is 0.253 e. The van der Waals surface area contributed by atoms with Crippen molar-refractivity contribution < 1.29 is 14.4 Å². The van der Waals surface area contributed by atoms with Crippen LogP contribution in [0.2, 0.25) is 10.0 Å². The van der Waals surface area contributed by atoms with Crippen LogP contribution >= 0.6 is 23.2 Å². The number of benzene rings is 2. The maximum absolute atomic E-state index is 12.8. The third-order valence-electron chi connectivity index (χ3n) is 5.06. The van der Waals surface area contributed by atoms with Gasteiger partial charge in [-0.1, -0.05) is 41.4 Å². The molecule has 2 fully saturated rings. The third kappa shape index (κ3) is 4.23. The van der Waals surface area contributed by atoms with E-state index in [0.717, 1.165) is 12.8 Å². The van der Waals surface area contributed by atoms with Gasteiger partial charge in [0.15, 0.2) is 0 Å². The first-order valence-corrected chi connectivity index (χ1v) is 10.1. The van der Waals surface area contributed by atoms with Crippen LogP contribution in [0.15, 0.2) is 42.5 Å². The molecule has 8 heteroatoms. The van der Waals surface area contributed by atoms with Crippen molar-refractivity contribution in [3.8, 4) is 0 Å². The minimum Gasteiger partial charge on any atom is -0.349 e. The minimum atomic E-state index is -0.558. The molecule has 150 valence electrons. The normalized spacial score (nSPS) is 18.6. The molecular formula is C21H19Cl2N3O3. The zero-order valence-electron chi connectivity index (χ0n) is 15.5. The van der Waals surface area contributed by atoms with E-state index >= 15 is 0 Å². The molecule has 2 aromatic carbocycles. The lowest BCUT2D eigenvalue weighted by atomic mass is 10.1. The summed E-state index contributed by atoms with van der Waals surface area (Å²) in [4.78, 5) is 39.2. The predicted molar refractivity (Wildman–Crippen MR) is 112 cm³/mol. The summed E-state index contributed by atoms with van der Waals surface area (Å²) in [6.45, 7) is 0.196. The van der Waals surface area contributed by atoms with Crippen molar-refractivity contribution in [2.45, 2.75) is 25.3 Å². The summed E-state index contributed by atoms with van der Waals surface area (Å²) in [6.07, 6.45) is 2.02. The third-order valence-corrected chi connectivity index (χ3v) is 5.87. The Kier molecular flexibility index (Phi) is 5.48. The van der Waals surface area contributed by atoms with Crippen molar-refractivity contribution in [1.29, 1.82) is 0 Å². The molecule has 1 aliphatic heterocycles. The Labute approximate surface area is 178 Å². The highest BCUT2D eigenvalue weighted by molar-refractivity contribution is 6.44. The molecule has 1 aliphatic carbocycles. The van der Waals surface area contributed by atoms with Crippen LogP contribution in [-0.2, 0) is 9.59 Å². The van der Waals surface area contributed by atoms with Crippen LogP contribution in [0, 0.1) is 5.92 Å². The number of hydrogen-bond donors (Lipinski definition) is 2. The van der Waals surface area contributed by atoms with Crippen LogP contribution in [0.4, 0.5) is 11.4 Å². The van der Waals surface area contributed by atoms with Gasteiger partial charge in [-0.25, -0.2) is 0 Å². The molecule has 2 N–H and O–H groups in total. The summed E-state index contributed by atoms with van der Waals surface area (Å²) >= 11 is 12.3. The molecule has 2 aliphatic rings. The molecule has 1 heterocycles. The highest BCUT2D eigenvalue weighted by Crippen LogP contribution is 2.36. The molecule has 1 saturated heterocycles. The standard InChI is InChI=1S/C21H19Cl2N3O3/c22-15-5-3-7-17(19(15)23)26-11-12(10-18(26)27)20(28)25-16-6-2-1-4-14(16)21(29)24-13-8-9-13/h1-7,12-13H,8-11H2,(H,24,29)(H,25,28)/t12-/m0/s1. The van der Waals surface area contributed by atoms with E-state index in [4.69, 9.17) is 23.2 Å². The second-order valence-corrected chi connectivity index (χ2v) is 8.05. The highest BCUT2D eigenvalue weighted by atomic mass is 35.5. The Morgan fingerprint density at radius 1 is 1.03 bits per heavy atom. The van der Waals surface area contributed by atoms with Gasteiger partial charge in [-0.15, -0.1) is 0 Å². The quantitative estimate of drug-likeness (QED) is 0.753. The zero-order valence-corrected chi connectivity index (χ0v) is 17.0. The zero-order chi connectivity index (χ0) is 20.5. The number of anilines is 2. The largest absolute Gasteiger partial charge is 0.349 e. The van der Waals surface area contributed by atoms with E-state index in [9.17, 15) is 14.4 Å². The maximum Gasteiger partial charge on any atom is 0.253 e. The van der Waals surface area contributed by atoms with Gasteiger partial charge in [0.05, 0.1) is 32.9 Å². The van der Waals surface area contributed by atoms with E-state index in [2.05, 4.69) is 10.6 Å². The number of nitrogens with zero attached hydrogens (tertiary/aromatic N) is 1. The fourth-order valence-corrected chi connectivity index (χ4v) is 3.73. The van der Waals surface area contributed by atoms with Gasteiger partial charge < -0.3 is 15.5 Å². The fraction of sp³-hybridized carbons (Fsp3) is 0.286. The molecule has 29 heavy (non-hydrogen) atoms. The first-order valence-electron chi connectivity index (χ1n) is 9.39. The monoisotopic (exact) mass is 431 g/mol. The first kappa shape index (κ1) is 19.7. The van der Waals surface area contributed by atoms with Gasteiger partial charge >= 0.3 is 0 Å². The van der Waals surface area contributed by atoms with Crippen molar-refractivity contribution in [1.82, 2.24) is 5.32 Å². The van der Waals surface area contributed by atoms with E-state index in [1.165, 1.54) is 4.90 Å². The number of carbonyl (C=O) groups excluding carboxylic acids is 3. The van der Waals surface area contributed by atoms with Crippen LogP contribution in [-0.4, -0.2) is 30.3 Å². The van der Waals surface area contributed by atoms with Gasteiger partial charge in [-0.05, 0) is 37.1 Å². The van der Waals surface area contributed by atoms with Crippen molar-refractivity contribution in [2.24, 2.45) is 5.92 Å². The fourth-order valence-electron chi connectivity index (χ4n) is 3.33. The van der Waals surface area contributed by atoms with E-state index in [1.54, 1.807) is 42.5 Å². The number of nitrogens with one attached hydrogen (secondary N) is 2. The average Bonchev–Trinajstić information content (AvgIpc) is 3.43. The molecule has 3 amide bonds. The Balaban J connectivity index is 1.48. The van der Waals surface area contributed by atoms with Crippen LogP contribution in [0.1, 0.15) is 29.6 Å². The lowest BCUT2D eigenvalue weighted by Gasteiger charge is -2.19. The van der Waals surface area contributed by atoms with Gasteiger partial charge in [0.2, 0.25) is 11.8 Å². The number of amides is 3. The Morgan fingerprint density at radius 3 is 2.55 bits per heavy atom. The van der Waals surface area contributed by atoms with Gasteiger partial charge in [0.25, 0.3) is 5.91 Å². The summed E-state index contributed by atoms with van der Waals surface area (Å²) in [5.41, 5.74) is 1.33. The maximum atomic E-state index is 12.8. The lowest BCUT2D eigenvalue weighted by Crippen LogP contribution is -2.30. The summed E-state index contributed by atoms with van der Waals surface area (Å²) in [6, 6.07) is 12.1. The number of rotatable bonds is 5. The molecule has 0 aromatic heterocycles. The molecule has 1 saturated carbocycles. The predicted octanol–water partition coefficient (Wildman–Crippen LogP) is 3.88. The van der Waals surface area contributed by atoms with Crippen LogP contribution < -0.4 is 15.5 Å². The molecule has 4 rings (SSSR count). The van der Waals surface area contributed by atoms with Crippen LogP contribution in [0.5, 0.6) is 0 Å². The lowest BCUT2D eigenvalue weighted by molar-refractivity contribution is -0.122. The molecule has 2 aromatic rings.